The Labute approximate surface area is 157 Å². The van der Waals surface area contributed by atoms with Crippen LogP contribution in [-0.4, -0.2) is 20.5 Å². The van der Waals surface area contributed by atoms with E-state index in [1.54, 1.807) is 0 Å². The third-order valence-electron chi connectivity index (χ3n) is 6.53. The minimum atomic E-state index is 0.393. The van der Waals surface area contributed by atoms with Crippen LogP contribution in [0.2, 0.25) is 0 Å². The molecule has 6 rings (SSSR count). The number of hydrogen-bond donors (Lipinski definition) is 1. The summed E-state index contributed by atoms with van der Waals surface area (Å²) in [6, 6.07) is 8.39. The first-order valence-corrected chi connectivity index (χ1v) is 10.3. The second-order valence-electron chi connectivity index (χ2n) is 8.59. The standard InChI is InChI=1S/C20H25BrN4/c21-18-3-1-14(2-4-18)12-25-13-19(23-24-25)11-22-20-8-15-5-16(9-20)7-17(6-15)10-20/h1-4,13,15-17,22H,5-12H2. The molecule has 25 heavy (non-hydrogen) atoms. The van der Waals surface area contributed by atoms with Gasteiger partial charge in [-0.2, -0.15) is 0 Å². The average Bonchev–Trinajstić information content (AvgIpc) is 3.02. The molecular weight excluding hydrogens is 376 g/mol. The number of halogens is 1. The van der Waals surface area contributed by atoms with E-state index in [2.05, 4.69) is 62.0 Å². The van der Waals surface area contributed by atoms with Gasteiger partial charge in [0.1, 0.15) is 0 Å². The van der Waals surface area contributed by atoms with Crippen LogP contribution in [0.5, 0.6) is 0 Å². The number of benzene rings is 1. The van der Waals surface area contributed by atoms with Gasteiger partial charge in [0.15, 0.2) is 0 Å². The molecule has 1 heterocycles. The van der Waals surface area contributed by atoms with Crippen molar-refractivity contribution in [3.63, 3.8) is 0 Å². The van der Waals surface area contributed by atoms with E-state index < -0.39 is 0 Å². The molecule has 1 aromatic heterocycles. The predicted molar refractivity (Wildman–Crippen MR) is 101 cm³/mol. The van der Waals surface area contributed by atoms with Crippen molar-refractivity contribution in [3.8, 4) is 0 Å². The van der Waals surface area contributed by atoms with Crippen LogP contribution in [0.4, 0.5) is 0 Å². The lowest BCUT2D eigenvalue weighted by Crippen LogP contribution is -2.58. The Balaban J connectivity index is 1.22. The highest BCUT2D eigenvalue weighted by molar-refractivity contribution is 9.10. The van der Waals surface area contributed by atoms with Crippen molar-refractivity contribution in [3.05, 3.63) is 46.2 Å². The van der Waals surface area contributed by atoms with Gasteiger partial charge in [-0.1, -0.05) is 33.3 Å². The molecule has 132 valence electrons. The molecule has 5 heteroatoms. The van der Waals surface area contributed by atoms with Gasteiger partial charge >= 0.3 is 0 Å². The van der Waals surface area contributed by atoms with E-state index in [4.69, 9.17) is 0 Å². The summed E-state index contributed by atoms with van der Waals surface area (Å²) in [6.45, 7) is 1.63. The van der Waals surface area contributed by atoms with Crippen LogP contribution in [0.15, 0.2) is 34.9 Å². The highest BCUT2D eigenvalue weighted by Crippen LogP contribution is 2.55. The minimum absolute atomic E-state index is 0.393. The zero-order valence-corrected chi connectivity index (χ0v) is 16.1. The molecule has 0 spiro atoms. The maximum absolute atomic E-state index is 4.39. The lowest BCUT2D eigenvalue weighted by molar-refractivity contribution is -0.0207. The zero-order chi connectivity index (χ0) is 16.9. The molecule has 4 aliphatic rings. The van der Waals surface area contributed by atoms with Crippen molar-refractivity contribution >= 4 is 15.9 Å². The Morgan fingerprint density at radius 2 is 1.68 bits per heavy atom. The van der Waals surface area contributed by atoms with Gasteiger partial charge in [-0.3, -0.25) is 0 Å². The van der Waals surface area contributed by atoms with Crippen LogP contribution >= 0.6 is 15.9 Å². The number of aromatic nitrogens is 3. The summed E-state index contributed by atoms with van der Waals surface area (Å²) in [5.41, 5.74) is 2.70. The van der Waals surface area contributed by atoms with Crippen LogP contribution in [-0.2, 0) is 13.1 Å². The molecule has 0 aliphatic heterocycles. The fraction of sp³-hybridized carbons (Fsp3) is 0.600. The van der Waals surface area contributed by atoms with E-state index in [1.807, 2.05) is 4.68 Å². The van der Waals surface area contributed by atoms with E-state index in [1.165, 1.54) is 44.1 Å². The number of nitrogens with one attached hydrogen (secondary N) is 1. The van der Waals surface area contributed by atoms with Gasteiger partial charge in [0.05, 0.1) is 18.4 Å². The molecule has 4 saturated carbocycles. The smallest absolute Gasteiger partial charge is 0.0965 e. The van der Waals surface area contributed by atoms with E-state index in [-0.39, 0.29) is 0 Å². The second-order valence-corrected chi connectivity index (χ2v) is 9.50. The van der Waals surface area contributed by atoms with Crippen LogP contribution < -0.4 is 5.32 Å². The quantitative estimate of drug-likeness (QED) is 0.819. The lowest BCUT2D eigenvalue weighted by Gasteiger charge is -2.57. The molecule has 4 bridgehead atoms. The van der Waals surface area contributed by atoms with Gasteiger partial charge < -0.3 is 5.32 Å². The van der Waals surface area contributed by atoms with Crippen molar-refractivity contribution in [1.82, 2.24) is 20.3 Å². The Bertz CT molecular complexity index is 716. The number of rotatable bonds is 5. The third-order valence-corrected chi connectivity index (χ3v) is 7.06. The van der Waals surface area contributed by atoms with Gasteiger partial charge in [0, 0.05) is 16.6 Å². The Hall–Kier alpha value is -1.20. The van der Waals surface area contributed by atoms with Crippen molar-refractivity contribution in [1.29, 1.82) is 0 Å². The molecule has 0 unspecified atom stereocenters. The molecule has 0 atom stereocenters. The van der Waals surface area contributed by atoms with Gasteiger partial charge in [0.2, 0.25) is 0 Å². The number of hydrogen-bond acceptors (Lipinski definition) is 3. The summed E-state index contributed by atoms with van der Waals surface area (Å²) >= 11 is 3.48. The maximum atomic E-state index is 4.39. The van der Waals surface area contributed by atoms with Crippen molar-refractivity contribution in [2.24, 2.45) is 17.8 Å². The van der Waals surface area contributed by atoms with E-state index in [0.29, 0.717) is 5.54 Å². The monoisotopic (exact) mass is 400 g/mol. The van der Waals surface area contributed by atoms with Crippen LogP contribution in [0.3, 0.4) is 0 Å². The van der Waals surface area contributed by atoms with Crippen LogP contribution in [0.1, 0.15) is 49.8 Å². The molecule has 4 fully saturated rings. The number of nitrogens with zero attached hydrogens (tertiary/aromatic N) is 3. The Morgan fingerprint density at radius 3 is 2.32 bits per heavy atom. The van der Waals surface area contributed by atoms with Crippen LogP contribution in [0, 0.1) is 17.8 Å². The second kappa shape index (κ2) is 6.20. The SMILES string of the molecule is Brc1ccc(Cn2cc(CNC34CC5CC(CC(C5)C3)C4)nn2)cc1. The molecule has 1 N–H and O–H groups in total. The molecule has 2 aromatic rings. The molecule has 0 saturated heterocycles. The summed E-state index contributed by atoms with van der Waals surface area (Å²) in [5, 5.41) is 12.6. The maximum Gasteiger partial charge on any atom is 0.0965 e. The van der Waals surface area contributed by atoms with Gasteiger partial charge in [-0.25, -0.2) is 4.68 Å². The summed E-state index contributed by atoms with van der Waals surface area (Å²) in [7, 11) is 0. The van der Waals surface area contributed by atoms with E-state index in [9.17, 15) is 0 Å². The summed E-state index contributed by atoms with van der Waals surface area (Å²) in [5.74, 6) is 2.94. The first-order chi connectivity index (χ1) is 12.2. The molecule has 0 radical (unpaired) electrons. The minimum Gasteiger partial charge on any atom is -0.305 e. The van der Waals surface area contributed by atoms with Crippen molar-refractivity contribution in [2.75, 3.05) is 0 Å². The topological polar surface area (TPSA) is 42.7 Å². The average molecular weight is 401 g/mol. The normalized spacial score (nSPS) is 33.1. The Kier molecular flexibility index (Phi) is 3.97. The molecular formula is C20H25BrN4. The van der Waals surface area contributed by atoms with Crippen LogP contribution in [0.25, 0.3) is 0 Å². The largest absolute Gasteiger partial charge is 0.305 e. The summed E-state index contributed by atoms with van der Waals surface area (Å²) in [6.07, 6.45) is 10.7. The van der Waals surface area contributed by atoms with Gasteiger partial charge in [-0.05, 0) is 74.0 Å². The van der Waals surface area contributed by atoms with E-state index >= 15 is 0 Å². The first kappa shape index (κ1) is 16.0. The Morgan fingerprint density at radius 1 is 1.04 bits per heavy atom. The lowest BCUT2D eigenvalue weighted by atomic mass is 9.53. The fourth-order valence-electron chi connectivity index (χ4n) is 5.88. The molecule has 0 amide bonds. The van der Waals surface area contributed by atoms with Crippen molar-refractivity contribution < 1.29 is 0 Å². The molecule has 4 aliphatic carbocycles. The molecule has 4 nitrogen and oxygen atoms in total. The summed E-state index contributed by atoms with van der Waals surface area (Å²) in [4.78, 5) is 0. The molecule has 1 aromatic carbocycles. The highest BCUT2D eigenvalue weighted by atomic mass is 79.9. The zero-order valence-electron chi connectivity index (χ0n) is 14.5. The third kappa shape index (κ3) is 3.28. The van der Waals surface area contributed by atoms with Gasteiger partial charge in [0.25, 0.3) is 0 Å². The predicted octanol–water partition coefficient (Wildman–Crippen LogP) is 4.15. The fourth-order valence-corrected chi connectivity index (χ4v) is 6.14. The highest BCUT2D eigenvalue weighted by Gasteiger charge is 2.50. The van der Waals surface area contributed by atoms with Gasteiger partial charge in [-0.15, -0.1) is 5.10 Å². The summed E-state index contributed by atoms with van der Waals surface area (Å²) < 4.78 is 3.05. The van der Waals surface area contributed by atoms with Crippen molar-refractivity contribution in [2.45, 2.75) is 57.2 Å². The van der Waals surface area contributed by atoms with E-state index in [0.717, 1.165) is 41.0 Å². The first-order valence-electron chi connectivity index (χ1n) is 9.54.